The normalized spacial score (nSPS) is 28.6. The summed E-state index contributed by atoms with van der Waals surface area (Å²) in [4.78, 5) is 10.7. The van der Waals surface area contributed by atoms with Gasteiger partial charge in [-0.1, -0.05) is 13.8 Å². The van der Waals surface area contributed by atoms with Gasteiger partial charge in [-0.25, -0.2) is 22.7 Å². The molecule has 0 spiro atoms. The van der Waals surface area contributed by atoms with E-state index in [1.807, 2.05) is 0 Å². The molecule has 2 aliphatic heterocycles. The summed E-state index contributed by atoms with van der Waals surface area (Å²) in [6.45, 7) is 6.99. The molecular formula is C15H24N4O2S. The van der Waals surface area contributed by atoms with Crippen molar-refractivity contribution in [3.63, 3.8) is 0 Å². The van der Waals surface area contributed by atoms with Crippen molar-refractivity contribution in [3.8, 4) is 0 Å². The summed E-state index contributed by atoms with van der Waals surface area (Å²) in [6.07, 6.45) is 5.01. The summed E-state index contributed by atoms with van der Waals surface area (Å²) in [5.74, 6) is 1.31. The molecule has 2 fully saturated rings. The van der Waals surface area contributed by atoms with Crippen molar-refractivity contribution in [2.24, 2.45) is 11.8 Å². The third-order valence-corrected chi connectivity index (χ3v) is 6.97. The smallest absolute Gasteiger partial charge is 0.225 e. The van der Waals surface area contributed by atoms with Gasteiger partial charge in [0.1, 0.15) is 0 Å². The minimum absolute atomic E-state index is 0.234. The van der Waals surface area contributed by atoms with Crippen LogP contribution in [0, 0.1) is 11.8 Å². The number of rotatable bonds is 3. The van der Waals surface area contributed by atoms with E-state index >= 15 is 0 Å². The number of aromatic nitrogens is 2. The molecule has 3 heterocycles. The molecule has 3 rings (SSSR count). The molecule has 0 radical (unpaired) electrons. The molecule has 0 saturated carbocycles. The van der Waals surface area contributed by atoms with Crippen molar-refractivity contribution in [2.75, 3.05) is 31.1 Å². The van der Waals surface area contributed by atoms with Crippen LogP contribution >= 0.6 is 0 Å². The van der Waals surface area contributed by atoms with Crippen LogP contribution in [0.25, 0.3) is 0 Å². The van der Waals surface area contributed by atoms with E-state index in [2.05, 4.69) is 28.7 Å². The van der Waals surface area contributed by atoms with E-state index in [4.69, 9.17) is 0 Å². The Bertz CT molecular complexity index is 605. The summed E-state index contributed by atoms with van der Waals surface area (Å²) in [5.41, 5.74) is 0. The minimum atomic E-state index is -3.15. The molecule has 2 atom stereocenters. The summed E-state index contributed by atoms with van der Waals surface area (Å²) in [6, 6.07) is 1.80. The highest BCUT2D eigenvalue weighted by Gasteiger charge is 2.46. The summed E-state index contributed by atoms with van der Waals surface area (Å²) in [7, 11) is -3.15. The Balaban J connectivity index is 1.74. The monoisotopic (exact) mass is 324 g/mol. The van der Waals surface area contributed by atoms with Crippen molar-refractivity contribution < 1.29 is 8.42 Å². The zero-order valence-corrected chi connectivity index (χ0v) is 14.0. The zero-order chi connectivity index (χ0) is 15.7. The highest BCUT2D eigenvalue weighted by atomic mass is 32.2. The van der Waals surface area contributed by atoms with Crippen LogP contribution in [-0.2, 0) is 10.0 Å². The third kappa shape index (κ3) is 2.96. The topological polar surface area (TPSA) is 66.4 Å². The van der Waals surface area contributed by atoms with Gasteiger partial charge < -0.3 is 4.90 Å². The van der Waals surface area contributed by atoms with E-state index in [1.165, 1.54) is 0 Å². The van der Waals surface area contributed by atoms with Crippen LogP contribution in [-0.4, -0.2) is 54.1 Å². The molecule has 0 aromatic carbocycles. The number of sulfonamides is 1. The maximum atomic E-state index is 12.7. The Morgan fingerprint density at radius 2 is 1.91 bits per heavy atom. The standard InChI is InChI=1S/C15H24N4O2S/c1-12(2)10-19-11-13-4-8-18(15-16-6-3-7-17-15)9-5-14(13)22(19,20)21/h3,6-7,12-14H,4-5,8-11H2,1-2H3/t13-,14-/m1/s1. The molecule has 1 aromatic rings. The summed E-state index contributed by atoms with van der Waals surface area (Å²) < 4.78 is 27.2. The van der Waals surface area contributed by atoms with Gasteiger partial charge in [0.05, 0.1) is 5.25 Å². The molecule has 122 valence electrons. The van der Waals surface area contributed by atoms with Crippen LogP contribution in [0.4, 0.5) is 5.95 Å². The van der Waals surface area contributed by atoms with Gasteiger partial charge in [0.2, 0.25) is 16.0 Å². The first-order chi connectivity index (χ1) is 10.5. The van der Waals surface area contributed by atoms with E-state index < -0.39 is 10.0 Å². The average molecular weight is 324 g/mol. The molecule has 0 bridgehead atoms. The molecule has 7 heteroatoms. The number of anilines is 1. The van der Waals surface area contributed by atoms with Gasteiger partial charge in [-0.2, -0.15) is 0 Å². The lowest BCUT2D eigenvalue weighted by atomic mass is 10.0. The van der Waals surface area contributed by atoms with E-state index in [1.54, 1.807) is 22.8 Å². The Morgan fingerprint density at radius 3 is 2.59 bits per heavy atom. The first-order valence-corrected chi connectivity index (χ1v) is 9.49. The number of hydrogen-bond acceptors (Lipinski definition) is 5. The highest BCUT2D eigenvalue weighted by molar-refractivity contribution is 7.90. The molecule has 1 aromatic heterocycles. The second-order valence-electron chi connectivity index (χ2n) is 6.67. The molecule has 6 nitrogen and oxygen atoms in total. The largest absolute Gasteiger partial charge is 0.341 e. The second kappa shape index (κ2) is 6.12. The predicted octanol–water partition coefficient (Wildman–Crippen LogP) is 1.36. The molecule has 0 unspecified atom stereocenters. The SMILES string of the molecule is CC(C)CN1C[C@H]2CCN(c3ncccn3)CC[C@H]2S1(=O)=O. The van der Waals surface area contributed by atoms with Gasteiger partial charge in [-0.05, 0) is 30.7 Å². The maximum Gasteiger partial charge on any atom is 0.225 e. The fourth-order valence-corrected chi connectivity index (χ4v) is 5.94. The maximum absolute atomic E-state index is 12.7. The fourth-order valence-electron chi connectivity index (χ4n) is 3.54. The Kier molecular flexibility index (Phi) is 4.36. The Morgan fingerprint density at radius 1 is 1.23 bits per heavy atom. The van der Waals surface area contributed by atoms with Gasteiger partial charge in [0, 0.05) is 38.6 Å². The van der Waals surface area contributed by atoms with Crippen LogP contribution in [0.15, 0.2) is 18.5 Å². The van der Waals surface area contributed by atoms with Crippen LogP contribution in [0.3, 0.4) is 0 Å². The van der Waals surface area contributed by atoms with Gasteiger partial charge in [0.25, 0.3) is 0 Å². The fraction of sp³-hybridized carbons (Fsp3) is 0.733. The predicted molar refractivity (Wildman–Crippen MR) is 86.1 cm³/mol. The summed E-state index contributed by atoms with van der Waals surface area (Å²) in [5, 5.41) is -0.236. The van der Waals surface area contributed by atoms with Gasteiger partial charge in [0.15, 0.2) is 0 Å². The lowest BCUT2D eigenvalue weighted by Crippen LogP contribution is -2.34. The average Bonchev–Trinajstić information content (AvgIpc) is 2.65. The van der Waals surface area contributed by atoms with Crippen molar-refractivity contribution in [3.05, 3.63) is 18.5 Å². The molecule has 0 amide bonds. The van der Waals surface area contributed by atoms with E-state index in [-0.39, 0.29) is 11.2 Å². The highest BCUT2D eigenvalue weighted by Crippen LogP contribution is 2.35. The van der Waals surface area contributed by atoms with Gasteiger partial charge >= 0.3 is 0 Å². The lowest BCUT2D eigenvalue weighted by Gasteiger charge is -2.22. The van der Waals surface area contributed by atoms with E-state index in [0.717, 1.165) is 13.0 Å². The first kappa shape index (κ1) is 15.7. The first-order valence-electron chi connectivity index (χ1n) is 7.99. The molecule has 0 N–H and O–H groups in total. The molecule has 0 aliphatic carbocycles. The zero-order valence-electron chi connectivity index (χ0n) is 13.2. The van der Waals surface area contributed by atoms with Gasteiger partial charge in [-0.15, -0.1) is 0 Å². The van der Waals surface area contributed by atoms with Crippen molar-refractivity contribution >= 4 is 16.0 Å². The summed E-state index contributed by atoms with van der Waals surface area (Å²) >= 11 is 0. The van der Waals surface area contributed by atoms with Crippen LogP contribution in [0.5, 0.6) is 0 Å². The quantitative estimate of drug-likeness (QED) is 0.840. The van der Waals surface area contributed by atoms with Crippen molar-refractivity contribution in [1.29, 1.82) is 0 Å². The number of fused-ring (bicyclic) bond motifs is 1. The van der Waals surface area contributed by atoms with Crippen molar-refractivity contribution in [1.82, 2.24) is 14.3 Å². The number of hydrogen-bond donors (Lipinski definition) is 0. The Hall–Kier alpha value is -1.21. The minimum Gasteiger partial charge on any atom is -0.341 e. The van der Waals surface area contributed by atoms with Crippen molar-refractivity contribution in [2.45, 2.75) is 31.9 Å². The lowest BCUT2D eigenvalue weighted by molar-refractivity contribution is 0.351. The van der Waals surface area contributed by atoms with Crippen LogP contribution in [0.2, 0.25) is 0 Å². The van der Waals surface area contributed by atoms with E-state index in [9.17, 15) is 8.42 Å². The van der Waals surface area contributed by atoms with Crippen LogP contribution in [0.1, 0.15) is 26.7 Å². The van der Waals surface area contributed by atoms with Crippen LogP contribution < -0.4 is 4.90 Å². The third-order valence-electron chi connectivity index (χ3n) is 4.56. The molecule has 22 heavy (non-hydrogen) atoms. The number of nitrogens with zero attached hydrogens (tertiary/aromatic N) is 4. The molecular weight excluding hydrogens is 300 g/mol. The van der Waals surface area contributed by atoms with Gasteiger partial charge in [-0.3, -0.25) is 0 Å². The van der Waals surface area contributed by atoms with E-state index in [0.29, 0.717) is 37.9 Å². The Labute approximate surface area is 132 Å². The molecule has 2 saturated heterocycles. The second-order valence-corrected chi connectivity index (χ2v) is 8.82. The molecule has 2 aliphatic rings.